The molecule has 1 atom stereocenters. The Morgan fingerprint density at radius 1 is 1.36 bits per heavy atom. The van der Waals surface area contributed by atoms with Crippen molar-refractivity contribution in [3.63, 3.8) is 0 Å². The van der Waals surface area contributed by atoms with Crippen molar-refractivity contribution in [3.05, 3.63) is 29.3 Å². The summed E-state index contributed by atoms with van der Waals surface area (Å²) in [5.74, 6) is -2.40. The zero-order chi connectivity index (χ0) is 20.3. The van der Waals surface area contributed by atoms with Gasteiger partial charge in [0.15, 0.2) is 5.69 Å². The van der Waals surface area contributed by atoms with Crippen molar-refractivity contribution in [2.24, 2.45) is 7.05 Å². The Labute approximate surface area is 160 Å². The van der Waals surface area contributed by atoms with Crippen molar-refractivity contribution < 1.29 is 24.2 Å². The molecule has 1 unspecified atom stereocenters. The van der Waals surface area contributed by atoms with Gasteiger partial charge < -0.3 is 20.5 Å². The zero-order valence-corrected chi connectivity index (χ0v) is 15.6. The molecule has 2 amide bonds. The van der Waals surface area contributed by atoms with Gasteiger partial charge in [-0.15, -0.1) is 0 Å². The van der Waals surface area contributed by atoms with E-state index in [0.717, 1.165) is 19.0 Å². The maximum Gasteiger partial charge on any atom is 0.339 e. The normalized spacial score (nSPS) is 16.1. The number of anilines is 1. The molecule has 3 heterocycles. The molecular formula is C17H22N6O5. The number of ether oxygens (including phenoxy) is 1. The molecule has 1 saturated heterocycles. The molecule has 11 heteroatoms. The lowest BCUT2D eigenvalue weighted by molar-refractivity contribution is 0.0691. The molecule has 28 heavy (non-hydrogen) atoms. The molecule has 0 spiro atoms. The molecule has 3 N–H and O–H groups in total. The van der Waals surface area contributed by atoms with E-state index in [1.165, 1.54) is 22.6 Å². The molecule has 1 aliphatic heterocycles. The van der Waals surface area contributed by atoms with E-state index >= 15 is 0 Å². The van der Waals surface area contributed by atoms with Crippen LogP contribution in [-0.2, 0) is 18.3 Å². The van der Waals surface area contributed by atoms with Gasteiger partial charge in [-0.3, -0.25) is 19.0 Å². The zero-order valence-electron chi connectivity index (χ0n) is 15.6. The first-order valence-electron chi connectivity index (χ1n) is 8.94. The number of aryl methyl sites for hydroxylation is 2. The van der Waals surface area contributed by atoms with E-state index in [4.69, 9.17) is 4.74 Å². The molecule has 0 bridgehead atoms. The fourth-order valence-corrected chi connectivity index (χ4v) is 2.98. The number of hydrogen-bond donors (Lipinski definition) is 3. The first kappa shape index (κ1) is 19.5. The summed E-state index contributed by atoms with van der Waals surface area (Å²) < 4.78 is 8.16. The Morgan fingerprint density at radius 3 is 2.79 bits per heavy atom. The minimum absolute atomic E-state index is 0.0252. The summed E-state index contributed by atoms with van der Waals surface area (Å²) in [5, 5.41) is 22.6. The maximum atomic E-state index is 12.6. The maximum absolute atomic E-state index is 12.6. The smallest absolute Gasteiger partial charge is 0.339 e. The number of hydrogen-bond acceptors (Lipinski definition) is 6. The topological polar surface area (TPSA) is 140 Å². The summed E-state index contributed by atoms with van der Waals surface area (Å²) in [6, 6.07) is 0. The molecule has 1 aliphatic rings. The van der Waals surface area contributed by atoms with E-state index in [2.05, 4.69) is 20.8 Å². The van der Waals surface area contributed by atoms with Crippen LogP contribution in [0.4, 0.5) is 5.69 Å². The van der Waals surface area contributed by atoms with E-state index in [9.17, 15) is 19.5 Å². The summed E-state index contributed by atoms with van der Waals surface area (Å²) in [5.41, 5.74) is -0.115. The fraction of sp³-hybridized carbons (Fsp3) is 0.471. The Kier molecular flexibility index (Phi) is 5.73. The second-order valence-electron chi connectivity index (χ2n) is 6.38. The van der Waals surface area contributed by atoms with Gasteiger partial charge >= 0.3 is 5.97 Å². The summed E-state index contributed by atoms with van der Waals surface area (Å²) in [6.45, 7) is 3.38. The summed E-state index contributed by atoms with van der Waals surface area (Å²) in [4.78, 5) is 36.5. The van der Waals surface area contributed by atoms with Crippen molar-refractivity contribution in [1.29, 1.82) is 0 Å². The first-order chi connectivity index (χ1) is 13.4. The Bertz CT molecular complexity index is 896. The minimum atomic E-state index is -1.27. The van der Waals surface area contributed by atoms with Crippen LogP contribution in [0.1, 0.15) is 51.1 Å². The van der Waals surface area contributed by atoms with Crippen molar-refractivity contribution in [2.45, 2.75) is 32.4 Å². The van der Waals surface area contributed by atoms with Crippen molar-refractivity contribution in [2.75, 3.05) is 18.5 Å². The highest BCUT2D eigenvalue weighted by molar-refractivity contribution is 6.11. The second-order valence-corrected chi connectivity index (χ2v) is 6.38. The van der Waals surface area contributed by atoms with Gasteiger partial charge in [0.25, 0.3) is 11.8 Å². The van der Waals surface area contributed by atoms with Crippen LogP contribution in [0, 0.1) is 0 Å². The van der Waals surface area contributed by atoms with Gasteiger partial charge in [-0.25, -0.2) is 4.79 Å². The monoisotopic (exact) mass is 390 g/mol. The van der Waals surface area contributed by atoms with Crippen LogP contribution in [0.25, 0.3) is 0 Å². The van der Waals surface area contributed by atoms with Crippen molar-refractivity contribution in [3.8, 4) is 0 Å². The van der Waals surface area contributed by atoms with Gasteiger partial charge in [0.1, 0.15) is 11.3 Å². The third-order valence-electron chi connectivity index (χ3n) is 4.45. The molecule has 0 saturated carbocycles. The number of aromatic carboxylic acids is 1. The van der Waals surface area contributed by atoms with Gasteiger partial charge in [0.2, 0.25) is 0 Å². The Morgan fingerprint density at radius 2 is 2.14 bits per heavy atom. The lowest BCUT2D eigenvalue weighted by Crippen LogP contribution is -2.32. The van der Waals surface area contributed by atoms with Gasteiger partial charge in [0, 0.05) is 32.9 Å². The minimum Gasteiger partial charge on any atom is -0.478 e. The lowest BCUT2D eigenvalue weighted by Gasteiger charge is -2.11. The molecule has 2 aromatic rings. The van der Waals surface area contributed by atoms with E-state index in [1.807, 2.05) is 6.92 Å². The highest BCUT2D eigenvalue weighted by Gasteiger charge is 2.25. The summed E-state index contributed by atoms with van der Waals surface area (Å²) >= 11 is 0. The van der Waals surface area contributed by atoms with E-state index in [0.29, 0.717) is 19.7 Å². The SMILES string of the molecule is CCn1cc(NC(=O)c2c(C(=O)O)cnn2C)c(C(=O)NCC2CCCO2)n1. The molecular weight excluding hydrogens is 368 g/mol. The van der Waals surface area contributed by atoms with Gasteiger partial charge in [-0.2, -0.15) is 10.2 Å². The predicted octanol–water partition coefficient (Wildman–Crippen LogP) is 0.496. The largest absolute Gasteiger partial charge is 0.478 e. The first-order valence-corrected chi connectivity index (χ1v) is 8.94. The Hall–Kier alpha value is -3.21. The molecule has 2 aromatic heterocycles. The van der Waals surface area contributed by atoms with Crippen LogP contribution in [0.2, 0.25) is 0 Å². The van der Waals surface area contributed by atoms with Crippen LogP contribution < -0.4 is 10.6 Å². The highest BCUT2D eigenvalue weighted by Crippen LogP contribution is 2.18. The number of carbonyl (C=O) groups excluding carboxylic acids is 2. The number of rotatable bonds is 7. The molecule has 0 radical (unpaired) electrons. The third kappa shape index (κ3) is 4.03. The second kappa shape index (κ2) is 8.21. The average molecular weight is 390 g/mol. The molecule has 3 rings (SSSR count). The van der Waals surface area contributed by atoms with E-state index < -0.39 is 17.8 Å². The summed E-state index contributed by atoms with van der Waals surface area (Å²) in [7, 11) is 1.46. The molecule has 11 nitrogen and oxygen atoms in total. The van der Waals surface area contributed by atoms with E-state index in [-0.39, 0.29) is 28.7 Å². The van der Waals surface area contributed by atoms with Crippen LogP contribution in [0.3, 0.4) is 0 Å². The van der Waals surface area contributed by atoms with Crippen LogP contribution in [-0.4, -0.2) is 61.7 Å². The molecule has 0 aliphatic carbocycles. The molecule has 1 fully saturated rings. The van der Waals surface area contributed by atoms with Crippen LogP contribution >= 0.6 is 0 Å². The van der Waals surface area contributed by atoms with Crippen molar-refractivity contribution in [1.82, 2.24) is 24.9 Å². The van der Waals surface area contributed by atoms with Gasteiger partial charge in [0.05, 0.1) is 18.0 Å². The standard InChI is InChI=1S/C17H22N6O5/c1-3-23-9-12(13(21-23)15(24)18-7-10-5-4-6-28-10)20-16(25)14-11(17(26)27)8-19-22(14)2/h8-10H,3-7H2,1-2H3,(H,18,24)(H,20,25)(H,26,27). The average Bonchev–Trinajstić information content (AvgIpc) is 3.39. The number of nitrogens with zero attached hydrogens (tertiary/aromatic N) is 4. The summed E-state index contributed by atoms with van der Waals surface area (Å²) in [6.07, 6.45) is 4.44. The third-order valence-corrected chi connectivity index (χ3v) is 4.45. The number of aromatic nitrogens is 4. The predicted molar refractivity (Wildman–Crippen MR) is 97.3 cm³/mol. The number of carboxylic acid groups (broad SMARTS) is 1. The van der Waals surface area contributed by atoms with Crippen LogP contribution in [0.15, 0.2) is 12.4 Å². The number of carboxylic acids is 1. The molecule has 0 aromatic carbocycles. The lowest BCUT2D eigenvalue weighted by atomic mass is 10.2. The number of amides is 2. The van der Waals surface area contributed by atoms with Gasteiger partial charge in [-0.05, 0) is 19.8 Å². The van der Waals surface area contributed by atoms with Crippen LogP contribution in [0.5, 0.6) is 0 Å². The number of nitrogens with one attached hydrogen (secondary N) is 2. The highest BCUT2D eigenvalue weighted by atomic mass is 16.5. The fourth-order valence-electron chi connectivity index (χ4n) is 2.98. The molecule has 150 valence electrons. The number of carbonyl (C=O) groups is 3. The van der Waals surface area contributed by atoms with Crippen molar-refractivity contribution >= 4 is 23.5 Å². The van der Waals surface area contributed by atoms with Gasteiger partial charge in [-0.1, -0.05) is 0 Å². The Balaban J connectivity index is 1.79. The quantitative estimate of drug-likeness (QED) is 0.625. The van der Waals surface area contributed by atoms with E-state index in [1.54, 1.807) is 0 Å².